The lowest BCUT2D eigenvalue weighted by Crippen LogP contribution is -2.41. The van der Waals surface area contributed by atoms with Gasteiger partial charge in [0.25, 0.3) is 0 Å². The van der Waals surface area contributed by atoms with Crippen LogP contribution >= 0.6 is 6.26 Å². The number of likely N-dealkylation sites (N-methyl/N-ethyl adjacent to an activating group) is 1. The number of hydrogen-bond acceptors (Lipinski definition) is 7. The maximum Gasteiger partial charge on any atom is 0.171 e. The lowest BCUT2D eigenvalue weighted by molar-refractivity contribution is 0.159. The summed E-state index contributed by atoms with van der Waals surface area (Å²) in [5.74, 6) is 0.740. The Morgan fingerprint density at radius 3 is 1.93 bits per heavy atom. The zero-order valence-electron chi connectivity index (χ0n) is 16.8. The van der Waals surface area contributed by atoms with E-state index in [9.17, 15) is 0 Å². The van der Waals surface area contributed by atoms with Gasteiger partial charge in [-0.25, -0.2) is 0 Å². The second-order valence-corrected chi connectivity index (χ2v) is 11.0. The van der Waals surface area contributed by atoms with Crippen molar-refractivity contribution in [2.45, 2.75) is 0 Å². The minimum absolute atomic E-state index is 0.740. The van der Waals surface area contributed by atoms with E-state index >= 15 is 0 Å². The van der Waals surface area contributed by atoms with Crippen LogP contribution in [0.2, 0.25) is 0 Å². The fraction of sp³-hybridized carbons (Fsp3) is 0.227. The minimum Gasteiger partial charge on any atom is -0.458 e. The van der Waals surface area contributed by atoms with Crippen molar-refractivity contribution in [2.75, 3.05) is 33.2 Å². The first-order chi connectivity index (χ1) is 14.6. The maximum absolute atomic E-state index is 6.45. The molecule has 6 nitrogen and oxygen atoms in total. The van der Waals surface area contributed by atoms with Crippen LogP contribution in [0.15, 0.2) is 78.4 Å². The number of pyridine rings is 2. The SMILES string of the molecule is CN1CCN(N=Cc2ccc(OP(=S)(c3ccncc3)c3ccncc3)cc2)CC1. The third-order valence-electron chi connectivity index (χ3n) is 4.97. The van der Waals surface area contributed by atoms with E-state index in [1.54, 1.807) is 24.8 Å². The Bertz CT molecular complexity index is 979. The average molecular weight is 438 g/mol. The molecule has 4 rings (SSSR count). The minimum atomic E-state index is -2.50. The van der Waals surface area contributed by atoms with Gasteiger partial charge in [-0.1, -0.05) is 0 Å². The van der Waals surface area contributed by atoms with Crippen LogP contribution in [0.5, 0.6) is 5.75 Å². The van der Waals surface area contributed by atoms with Gasteiger partial charge in [-0.3, -0.25) is 15.0 Å². The monoisotopic (exact) mass is 437 g/mol. The van der Waals surface area contributed by atoms with Gasteiger partial charge in [0, 0.05) is 61.6 Å². The summed E-state index contributed by atoms with van der Waals surface area (Å²) in [5.41, 5.74) is 1.03. The molecule has 1 aliphatic rings. The predicted molar refractivity (Wildman–Crippen MR) is 126 cm³/mol. The van der Waals surface area contributed by atoms with Crippen molar-refractivity contribution in [1.29, 1.82) is 0 Å². The molecular formula is C22H24N5OPS. The first-order valence-corrected chi connectivity index (χ1v) is 12.5. The highest BCUT2D eigenvalue weighted by Gasteiger charge is 2.25. The number of hydrogen-bond donors (Lipinski definition) is 0. The lowest BCUT2D eigenvalue weighted by atomic mass is 10.2. The van der Waals surface area contributed by atoms with E-state index in [2.05, 4.69) is 32.0 Å². The topological polar surface area (TPSA) is 53.9 Å². The molecule has 0 spiro atoms. The Morgan fingerprint density at radius 2 is 1.40 bits per heavy atom. The quantitative estimate of drug-likeness (QED) is 0.436. The standard InChI is InChI=1S/C22H24N5OPS/c1-26-14-16-27(17-15-26)25-18-19-2-4-20(5-3-19)28-29(30,21-6-10-23-11-7-21)22-8-12-24-13-9-22/h2-13,18H,14-17H2,1H3. The number of benzene rings is 1. The van der Waals surface area contributed by atoms with E-state index in [4.69, 9.17) is 16.3 Å². The maximum atomic E-state index is 6.45. The van der Waals surface area contributed by atoms with E-state index in [1.165, 1.54) is 0 Å². The fourth-order valence-corrected chi connectivity index (χ4v) is 6.13. The van der Waals surface area contributed by atoms with E-state index in [1.807, 2.05) is 54.7 Å². The summed E-state index contributed by atoms with van der Waals surface area (Å²) in [4.78, 5) is 10.5. The van der Waals surface area contributed by atoms with Crippen molar-refractivity contribution in [1.82, 2.24) is 19.9 Å². The van der Waals surface area contributed by atoms with Gasteiger partial charge in [0.1, 0.15) is 5.75 Å². The van der Waals surface area contributed by atoms with Crippen molar-refractivity contribution in [2.24, 2.45) is 5.10 Å². The van der Waals surface area contributed by atoms with Crippen LogP contribution in [-0.2, 0) is 11.8 Å². The molecule has 0 bridgehead atoms. The molecule has 0 amide bonds. The molecule has 154 valence electrons. The van der Waals surface area contributed by atoms with Gasteiger partial charge in [0.05, 0.1) is 6.21 Å². The van der Waals surface area contributed by atoms with Crippen molar-refractivity contribution in [3.63, 3.8) is 0 Å². The van der Waals surface area contributed by atoms with Crippen LogP contribution in [0.4, 0.5) is 0 Å². The Labute approximate surface area is 182 Å². The van der Waals surface area contributed by atoms with E-state index in [-0.39, 0.29) is 0 Å². The first-order valence-electron chi connectivity index (χ1n) is 9.82. The molecule has 2 aromatic heterocycles. The highest BCUT2D eigenvalue weighted by Crippen LogP contribution is 2.45. The molecule has 1 saturated heterocycles. The van der Waals surface area contributed by atoms with Crippen molar-refractivity contribution in [3.8, 4) is 5.75 Å². The molecule has 0 atom stereocenters. The number of piperazine rings is 1. The largest absolute Gasteiger partial charge is 0.458 e. The fourth-order valence-electron chi connectivity index (χ4n) is 3.16. The van der Waals surface area contributed by atoms with Crippen LogP contribution in [0.3, 0.4) is 0 Å². The molecule has 1 aromatic carbocycles. The summed E-state index contributed by atoms with van der Waals surface area (Å²) in [6, 6.07) is 15.6. The summed E-state index contributed by atoms with van der Waals surface area (Å²) in [7, 11) is 2.14. The molecule has 3 aromatic rings. The van der Waals surface area contributed by atoms with Gasteiger partial charge in [0.15, 0.2) is 6.26 Å². The zero-order valence-corrected chi connectivity index (χ0v) is 18.5. The summed E-state index contributed by atoms with van der Waals surface area (Å²) >= 11 is 6.09. The number of nitrogens with zero attached hydrogens (tertiary/aromatic N) is 5. The molecule has 0 aliphatic carbocycles. The normalized spacial score (nSPS) is 15.4. The van der Waals surface area contributed by atoms with Gasteiger partial charge in [-0.2, -0.15) is 5.10 Å². The van der Waals surface area contributed by atoms with Gasteiger partial charge in [0.2, 0.25) is 0 Å². The van der Waals surface area contributed by atoms with Crippen molar-refractivity contribution >= 4 is 34.9 Å². The smallest absolute Gasteiger partial charge is 0.171 e. The van der Waals surface area contributed by atoms with Gasteiger partial charge in [-0.15, -0.1) is 0 Å². The molecule has 8 heteroatoms. The molecule has 0 saturated carbocycles. The van der Waals surface area contributed by atoms with E-state index < -0.39 is 6.26 Å². The van der Waals surface area contributed by atoms with Crippen LogP contribution in [-0.4, -0.2) is 59.3 Å². The van der Waals surface area contributed by atoms with Crippen molar-refractivity contribution in [3.05, 3.63) is 78.9 Å². The molecule has 3 heterocycles. The molecular weight excluding hydrogens is 413 g/mol. The lowest BCUT2D eigenvalue weighted by Gasteiger charge is -2.30. The number of hydrazone groups is 1. The van der Waals surface area contributed by atoms with Crippen LogP contribution in [0.25, 0.3) is 0 Å². The zero-order chi connectivity index (χ0) is 20.8. The summed E-state index contributed by atoms with van der Waals surface area (Å²) in [6.07, 6.45) is 6.40. The Hall–Kier alpha value is -2.60. The molecule has 1 fully saturated rings. The van der Waals surface area contributed by atoms with Crippen molar-refractivity contribution < 1.29 is 4.52 Å². The number of rotatable bonds is 6. The highest BCUT2D eigenvalue weighted by molar-refractivity contribution is 8.19. The number of aromatic nitrogens is 2. The molecule has 0 unspecified atom stereocenters. The Kier molecular flexibility index (Phi) is 6.53. The van der Waals surface area contributed by atoms with Gasteiger partial charge >= 0.3 is 0 Å². The third kappa shape index (κ3) is 4.93. The average Bonchev–Trinajstić information content (AvgIpc) is 2.81. The Morgan fingerprint density at radius 1 is 0.867 bits per heavy atom. The van der Waals surface area contributed by atoms with Gasteiger partial charge in [-0.05, 0) is 72.9 Å². The first kappa shape index (κ1) is 20.7. The summed E-state index contributed by atoms with van der Waals surface area (Å²) < 4.78 is 6.45. The third-order valence-corrected chi connectivity index (χ3v) is 8.88. The second kappa shape index (κ2) is 9.47. The summed E-state index contributed by atoms with van der Waals surface area (Å²) in [5, 5.41) is 8.62. The van der Waals surface area contributed by atoms with E-state index in [0.29, 0.717) is 0 Å². The predicted octanol–water partition coefficient (Wildman–Crippen LogP) is 2.48. The second-order valence-electron chi connectivity index (χ2n) is 7.12. The molecule has 1 aliphatic heterocycles. The molecule has 30 heavy (non-hydrogen) atoms. The Balaban J connectivity index is 1.52. The molecule has 0 N–H and O–H groups in total. The molecule has 0 radical (unpaired) electrons. The van der Waals surface area contributed by atoms with Crippen LogP contribution in [0, 0.1) is 0 Å². The summed E-state index contributed by atoms with van der Waals surface area (Å²) in [6.45, 7) is 3.99. The highest BCUT2D eigenvalue weighted by atomic mass is 32.4. The van der Waals surface area contributed by atoms with Crippen LogP contribution in [0.1, 0.15) is 5.56 Å². The van der Waals surface area contributed by atoms with E-state index in [0.717, 1.165) is 48.1 Å². The van der Waals surface area contributed by atoms with Gasteiger partial charge < -0.3 is 9.42 Å². The van der Waals surface area contributed by atoms with Crippen LogP contribution < -0.4 is 15.1 Å².